The monoisotopic (exact) mass is 487 g/mol. The van der Waals surface area contributed by atoms with Gasteiger partial charge < -0.3 is 14.4 Å². The van der Waals surface area contributed by atoms with E-state index in [4.69, 9.17) is 14.5 Å². The Balaban J connectivity index is 1.40. The zero-order chi connectivity index (χ0) is 24.2. The molecule has 0 spiro atoms. The van der Waals surface area contributed by atoms with E-state index in [1.165, 1.54) is 22.5 Å². The van der Waals surface area contributed by atoms with E-state index < -0.39 is 0 Å². The third-order valence-corrected chi connectivity index (χ3v) is 7.00. The molecule has 0 aliphatic carbocycles. The number of nitrogens with zero attached hydrogens (tertiary/aromatic N) is 3. The van der Waals surface area contributed by atoms with Crippen LogP contribution in [0.2, 0.25) is 0 Å². The van der Waals surface area contributed by atoms with Crippen molar-refractivity contribution in [3.05, 3.63) is 83.4 Å². The van der Waals surface area contributed by atoms with E-state index in [2.05, 4.69) is 17.0 Å². The molecular formula is C28H29N3O3S. The molecule has 1 aliphatic heterocycles. The number of fused-ring (bicyclic) bond motifs is 2. The Morgan fingerprint density at radius 1 is 0.914 bits per heavy atom. The van der Waals surface area contributed by atoms with E-state index in [0.29, 0.717) is 36.2 Å². The van der Waals surface area contributed by atoms with Gasteiger partial charge in [-0.1, -0.05) is 53.8 Å². The van der Waals surface area contributed by atoms with Gasteiger partial charge in [-0.05, 0) is 56.7 Å². The van der Waals surface area contributed by atoms with Gasteiger partial charge in [-0.25, -0.2) is 4.98 Å². The highest BCUT2D eigenvalue weighted by Gasteiger charge is 2.23. The Bertz CT molecular complexity index is 1260. The number of amides is 1. The first-order valence-electron chi connectivity index (χ1n) is 11.9. The predicted molar refractivity (Wildman–Crippen MR) is 141 cm³/mol. The van der Waals surface area contributed by atoms with Gasteiger partial charge in [0, 0.05) is 24.2 Å². The van der Waals surface area contributed by atoms with Gasteiger partial charge in [-0.15, -0.1) is 0 Å². The van der Waals surface area contributed by atoms with Gasteiger partial charge in [0.25, 0.3) is 5.91 Å². The fourth-order valence-corrected chi connectivity index (χ4v) is 5.15. The van der Waals surface area contributed by atoms with E-state index >= 15 is 0 Å². The van der Waals surface area contributed by atoms with Crippen molar-refractivity contribution in [2.45, 2.75) is 12.8 Å². The zero-order valence-corrected chi connectivity index (χ0v) is 20.9. The van der Waals surface area contributed by atoms with Crippen LogP contribution in [0.5, 0.6) is 11.5 Å². The fraction of sp³-hybridized carbons (Fsp3) is 0.286. The van der Waals surface area contributed by atoms with Crippen LogP contribution >= 0.6 is 11.3 Å². The van der Waals surface area contributed by atoms with Crippen LogP contribution in [0.4, 0.5) is 5.13 Å². The molecule has 0 N–H and O–H groups in total. The van der Waals surface area contributed by atoms with E-state index in [1.807, 2.05) is 68.7 Å². The molecule has 1 amide bonds. The second-order valence-electron chi connectivity index (χ2n) is 8.93. The van der Waals surface area contributed by atoms with Crippen LogP contribution in [0, 0.1) is 0 Å². The summed E-state index contributed by atoms with van der Waals surface area (Å²) in [4.78, 5) is 22.4. The molecule has 180 valence electrons. The van der Waals surface area contributed by atoms with Crippen molar-refractivity contribution in [2.24, 2.45) is 0 Å². The van der Waals surface area contributed by atoms with Crippen LogP contribution in [0.1, 0.15) is 27.9 Å². The second kappa shape index (κ2) is 10.5. The molecule has 2 heterocycles. The summed E-state index contributed by atoms with van der Waals surface area (Å²) in [5.41, 5.74) is 3.91. The fourth-order valence-electron chi connectivity index (χ4n) is 4.15. The lowest BCUT2D eigenvalue weighted by Crippen LogP contribution is -2.33. The van der Waals surface area contributed by atoms with Crippen LogP contribution in [-0.4, -0.2) is 56.2 Å². The third kappa shape index (κ3) is 5.47. The average Bonchev–Trinajstić information content (AvgIpc) is 3.28. The van der Waals surface area contributed by atoms with Gasteiger partial charge in [-0.3, -0.25) is 9.69 Å². The number of thiazole rings is 1. The SMILES string of the molecule is CN(C)CCCN(C(=O)c1ccc(Cc2ccccc2)cc1)c1nc2cc3c(cc2s1)OCCO3. The molecule has 1 aliphatic rings. The van der Waals surface area contributed by atoms with Gasteiger partial charge in [0.05, 0.1) is 10.2 Å². The molecule has 3 aromatic carbocycles. The maximum atomic E-state index is 13.7. The molecule has 0 unspecified atom stereocenters. The number of ether oxygens (including phenoxy) is 2. The van der Waals surface area contributed by atoms with Crippen molar-refractivity contribution in [3.63, 3.8) is 0 Å². The van der Waals surface area contributed by atoms with Crippen LogP contribution in [-0.2, 0) is 6.42 Å². The highest BCUT2D eigenvalue weighted by atomic mass is 32.1. The van der Waals surface area contributed by atoms with Crippen molar-refractivity contribution >= 4 is 32.6 Å². The maximum Gasteiger partial charge on any atom is 0.260 e. The molecule has 6 nitrogen and oxygen atoms in total. The summed E-state index contributed by atoms with van der Waals surface area (Å²) in [6.45, 7) is 2.56. The molecule has 7 heteroatoms. The van der Waals surface area contributed by atoms with Gasteiger partial charge in [0.2, 0.25) is 0 Å². The summed E-state index contributed by atoms with van der Waals surface area (Å²) in [5.74, 6) is 1.41. The van der Waals surface area contributed by atoms with Crippen LogP contribution in [0.15, 0.2) is 66.7 Å². The summed E-state index contributed by atoms with van der Waals surface area (Å²) in [5, 5.41) is 0.694. The van der Waals surface area contributed by atoms with Gasteiger partial charge in [-0.2, -0.15) is 0 Å². The van der Waals surface area contributed by atoms with Crippen molar-refractivity contribution in [3.8, 4) is 11.5 Å². The van der Waals surface area contributed by atoms with Gasteiger partial charge in [0.1, 0.15) is 13.2 Å². The zero-order valence-electron chi connectivity index (χ0n) is 20.1. The standard InChI is InChI=1S/C28H29N3O3S/c1-30(2)13-6-14-31(28-29-23-18-24-25(19-26(23)35-28)34-16-15-33-24)27(32)22-11-9-21(10-12-22)17-20-7-4-3-5-8-20/h3-5,7-12,18-19H,6,13-17H2,1-2H3. The summed E-state index contributed by atoms with van der Waals surface area (Å²) >= 11 is 1.51. The predicted octanol–water partition coefficient (Wildman–Crippen LogP) is 5.26. The molecule has 35 heavy (non-hydrogen) atoms. The minimum Gasteiger partial charge on any atom is -0.486 e. The molecule has 0 radical (unpaired) electrons. The number of rotatable bonds is 8. The van der Waals surface area contributed by atoms with Gasteiger partial charge in [0.15, 0.2) is 16.6 Å². The highest BCUT2D eigenvalue weighted by Crippen LogP contribution is 2.39. The van der Waals surface area contributed by atoms with E-state index in [0.717, 1.165) is 35.4 Å². The van der Waals surface area contributed by atoms with Gasteiger partial charge >= 0.3 is 0 Å². The molecule has 1 aromatic heterocycles. The van der Waals surface area contributed by atoms with Crippen LogP contribution < -0.4 is 14.4 Å². The quantitative estimate of drug-likeness (QED) is 0.340. The molecule has 0 saturated heterocycles. The molecule has 0 saturated carbocycles. The van der Waals surface area contributed by atoms with Crippen LogP contribution in [0.3, 0.4) is 0 Å². The molecular weight excluding hydrogens is 458 g/mol. The summed E-state index contributed by atoms with van der Waals surface area (Å²) in [7, 11) is 4.08. The number of carbonyl (C=O) groups excluding carboxylic acids is 1. The minimum absolute atomic E-state index is 0.0358. The largest absolute Gasteiger partial charge is 0.486 e. The third-order valence-electron chi connectivity index (χ3n) is 5.96. The highest BCUT2D eigenvalue weighted by molar-refractivity contribution is 7.22. The smallest absolute Gasteiger partial charge is 0.260 e. The number of carbonyl (C=O) groups is 1. The lowest BCUT2D eigenvalue weighted by molar-refractivity contribution is 0.0986. The minimum atomic E-state index is -0.0358. The Morgan fingerprint density at radius 3 is 2.31 bits per heavy atom. The molecule has 0 fully saturated rings. The van der Waals surface area contributed by atoms with Crippen molar-refractivity contribution in [1.82, 2.24) is 9.88 Å². The number of hydrogen-bond donors (Lipinski definition) is 0. The Hall–Kier alpha value is -3.42. The van der Waals surface area contributed by atoms with Crippen LogP contribution in [0.25, 0.3) is 10.2 Å². The first kappa shape index (κ1) is 23.3. The number of aromatic nitrogens is 1. The molecule has 0 bridgehead atoms. The Kier molecular flexibility index (Phi) is 6.97. The normalized spacial score (nSPS) is 12.8. The molecule has 5 rings (SSSR count). The van der Waals surface area contributed by atoms with E-state index in [-0.39, 0.29) is 5.91 Å². The lowest BCUT2D eigenvalue weighted by Gasteiger charge is -2.21. The first-order valence-corrected chi connectivity index (χ1v) is 12.7. The Labute approximate surface area is 209 Å². The second-order valence-corrected chi connectivity index (χ2v) is 9.94. The topological polar surface area (TPSA) is 54.9 Å². The molecule has 0 atom stereocenters. The van der Waals surface area contributed by atoms with Crippen molar-refractivity contribution in [2.75, 3.05) is 45.3 Å². The average molecular weight is 488 g/mol. The summed E-state index contributed by atoms with van der Waals surface area (Å²) < 4.78 is 12.4. The van der Waals surface area contributed by atoms with Crippen molar-refractivity contribution < 1.29 is 14.3 Å². The summed E-state index contributed by atoms with van der Waals surface area (Å²) in [6.07, 6.45) is 1.69. The van der Waals surface area contributed by atoms with Crippen molar-refractivity contribution in [1.29, 1.82) is 0 Å². The first-order chi connectivity index (χ1) is 17.1. The maximum absolute atomic E-state index is 13.7. The summed E-state index contributed by atoms with van der Waals surface area (Å²) in [6, 6.07) is 22.2. The van der Waals surface area contributed by atoms with E-state index in [9.17, 15) is 4.79 Å². The Morgan fingerprint density at radius 2 is 1.60 bits per heavy atom. The number of hydrogen-bond acceptors (Lipinski definition) is 6. The lowest BCUT2D eigenvalue weighted by atomic mass is 10.0. The van der Waals surface area contributed by atoms with E-state index in [1.54, 1.807) is 4.90 Å². The molecule has 4 aromatic rings. The number of benzene rings is 3. The number of anilines is 1.